The highest BCUT2D eigenvalue weighted by Crippen LogP contribution is 2.33. The van der Waals surface area contributed by atoms with Gasteiger partial charge in [0.25, 0.3) is 0 Å². The van der Waals surface area contributed by atoms with Crippen molar-refractivity contribution in [1.82, 2.24) is 0 Å². The van der Waals surface area contributed by atoms with Crippen molar-refractivity contribution >= 4 is 0 Å². The summed E-state index contributed by atoms with van der Waals surface area (Å²) in [5, 5.41) is 10.4. The van der Waals surface area contributed by atoms with Gasteiger partial charge in [-0.1, -0.05) is 12.8 Å². The molecule has 0 bridgehead atoms. The Morgan fingerprint density at radius 3 is 2.79 bits per heavy atom. The van der Waals surface area contributed by atoms with Crippen LogP contribution in [0.5, 0.6) is 0 Å². The molecule has 3 nitrogen and oxygen atoms in total. The molecule has 84 valence electrons. The molecule has 1 rings (SSSR count). The fraction of sp³-hybridized carbons (Fsp3) is 1.00. The summed E-state index contributed by atoms with van der Waals surface area (Å²) < 4.78 is 10.3. The molecule has 0 saturated heterocycles. The van der Waals surface area contributed by atoms with E-state index in [2.05, 4.69) is 0 Å². The van der Waals surface area contributed by atoms with Crippen LogP contribution < -0.4 is 0 Å². The van der Waals surface area contributed by atoms with E-state index in [1.54, 1.807) is 14.2 Å². The van der Waals surface area contributed by atoms with Gasteiger partial charge in [-0.05, 0) is 25.7 Å². The molecular formula is C11H22O3. The van der Waals surface area contributed by atoms with Crippen molar-refractivity contribution in [3.05, 3.63) is 0 Å². The molecule has 0 amide bonds. The zero-order valence-corrected chi connectivity index (χ0v) is 9.29. The number of rotatable bonds is 5. The first-order valence-corrected chi connectivity index (χ1v) is 5.47. The predicted molar refractivity (Wildman–Crippen MR) is 55.3 cm³/mol. The fourth-order valence-electron chi connectivity index (χ4n) is 2.34. The van der Waals surface area contributed by atoms with Gasteiger partial charge in [0.15, 0.2) is 0 Å². The average Bonchev–Trinajstić information content (AvgIpc) is 2.19. The Morgan fingerprint density at radius 2 is 2.14 bits per heavy atom. The predicted octanol–water partition coefficient (Wildman–Crippen LogP) is 1.73. The average molecular weight is 202 g/mol. The molecule has 0 radical (unpaired) electrons. The summed E-state index contributed by atoms with van der Waals surface area (Å²) in [5.74, 6) is 0. The lowest BCUT2D eigenvalue weighted by Crippen LogP contribution is -2.46. The lowest BCUT2D eigenvalue weighted by molar-refractivity contribution is -0.123. The van der Waals surface area contributed by atoms with Crippen LogP contribution in [0, 0.1) is 0 Å². The highest BCUT2D eigenvalue weighted by molar-refractivity contribution is 4.90. The van der Waals surface area contributed by atoms with Crippen molar-refractivity contribution in [2.75, 3.05) is 20.8 Å². The van der Waals surface area contributed by atoms with Gasteiger partial charge >= 0.3 is 0 Å². The molecule has 2 atom stereocenters. The highest BCUT2D eigenvalue weighted by atomic mass is 16.5. The molecule has 0 spiro atoms. The second kappa shape index (κ2) is 5.69. The summed E-state index contributed by atoms with van der Waals surface area (Å²) in [4.78, 5) is 0. The number of aliphatic hydroxyl groups is 1. The van der Waals surface area contributed by atoms with E-state index < -0.39 is 5.60 Å². The van der Waals surface area contributed by atoms with Crippen molar-refractivity contribution < 1.29 is 14.6 Å². The lowest BCUT2D eigenvalue weighted by Gasteiger charge is -2.39. The first-order chi connectivity index (χ1) is 6.73. The van der Waals surface area contributed by atoms with E-state index in [0.717, 1.165) is 38.7 Å². The van der Waals surface area contributed by atoms with Crippen LogP contribution in [0.4, 0.5) is 0 Å². The summed E-state index contributed by atoms with van der Waals surface area (Å²) in [5.41, 5.74) is -0.606. The third kappa shape index (κ3) is 2.94. The van der Waals surface area contributed by atoms with Gasteiger partial charge in [-0.15, -0.1) is 0 Å². The van der Waals surface area contributed by atoms with E-state index in [0.29, 0.717) is 0 Å². The van der Waals surface area contributed by atoms with E-state index in [9.17, 15) is 5.11 Å². The molecular weight excluding hydrogens is 180 g/mol. The monoisotopic (exact) mass is 202 g/mol. The van der Waals surface area contributed by atoms with Crippen molar-refractivity contribution in [1.29, 1.82) is 0 Å². The van der Waals surface area contributed by atoms with Crippen LogP contribution in [0.2, 0.25) is 0 Å². The van der Waals surface area contributed by atoms with Crippen LogP contribution in [-0.4, -0.2) is 37.6 Å². The smallest absolute Gasteiger partial charge is 0.0908 e. The molecule has 0 aliphatic heterocycles. The van der Waals surface area contributed by atoms with Crippen LogP contribution >= 0.6 is 0 Å². The van der Waals surface area contributed by atoms with E-state index in [1.165, 1.54) is 6.42 Å². The molecule has 1 aliphatic rings. The van der Waals surface area contributed by atoms with Crippen molar-refractivity contribution in [3.63, 3.8) is 0 Å². The van der Waals surface area contributed by atoms with E-state index in [-0.39, 0.29) is 6.10 Å². The van der Waals surface area contributed by atoms with Crippen molar-refractivity contribution in [2.24, 2.45) is 0 Å². The van der Waals surface area contributed by atoms with Gasteiger partial charge < -0.3 is 14.6 Å². The molecule has 1 aliphatic carbocycles. The lowest BCUT2D eigenvalue weighted by atomic mass is 9.79. The molecule has 1 N–H and O–H groups in total. The largest absolute Gasteiger partial charge is 0.387 e. The van der Waals surface area contributed by atoms with E-state index >= 15 is 0 Å². The number of hydrogen-bond acceptors (Lipinski definition) is 3. The number of ether oxygens (including phenoxy) is 2. The van der Waals surface area contributed by atoms with Crippen LogP contribution in [0.3, 0.4) is 0 Å². The van der Waals surface area contributed by atoms with E-state index in [4.69, 9.17) is 9.47 Å². The fourth-order valence-corrected chi connectivity index (χ4v) is 2.34. The zero-order valence-electron chi connectivity index (χ0n) is 9.29. The van der Waals surface area contributed by atoms with Gasteiger partial charge in [-0.25, -0.2) is 0 Å². The van der Waals surface area contributed by atoms with E-state index in [1.807, 2.05) is 0 Å². The topological polar surface area (TPSA) is 38.7 Å². The first-order valence-electron chi connectivity index (χ1n) is 5.47. The molecule has 14 heavy (non-hydrogen) atoms. The van der Waals surface area contributed by atoms with Gasteiger partial charge in [0.05, 0.1) is 11.7 Å². The molecule has 3 heteroatoms. The third-order valence-corrected chi connectivity index (χ3v) is 3.17. The number of hydrogen-bond donors (Lipinski definition) is 1. The summed E-state index contributed by atoms with van der Waals surface area (Å²) in [6.45, 7) is 0.721. The van der Waals surface area contributed by atoms with Crippen LogP contribution in [-0.2, 0) is 9.47 Å². The first kappa shape index (κ1) is 12.0. The summed E-state index contributed by atoms with van der Waals surface area (Å²) in [7, 11) is 3.38. The minimum absolute atomic E-state index is 0.0214. The quantitative estimate of drug-likeness (QED) is 0.690. The minimum atomic E-state index is -0.606. The molecule has 1 fully saturated rings. The zero-order chi connectivity index (χ0) is 10.4. The Labute approximate surface area is 86.4 Å². The van der Waals surface area contributed by atoms with Gasteiger partial charge in [-0.3, -0.25) is 0 Å². The summed E-state index contributed by atoms with van der Waals surface area (Å²) >= 11 is 0. The van der Waals surface area contributed by atoms with Crippen molar-refractivity contribution in [2.45, 2.75) is 50.2 Å². The minimum Gasteiger partial charge on any atom is -0.387 e. The Morgan fingerprint density at radius 1 is 1.36 bits per heavy atom. The maximum atomic E-state index is 10.4. The summed E-state index contributed by atoms with van der Waals surface area (Å²) in [6, 6.07) is 0. The Hall–Kier alpha value is -0.120. The van der Waals surface area contributed by atoms with Crippen molar-refractivity contribution in [3.8, 4) is 0 Å². The maximum Gasteiger partial charge on any atom is 0.0908 e. The molecule has 0 aromatic carbocycles. The molecule has 0 aromatic rings. The van der Waals surface area contributed by atoms with Gasteiger partial charge in [-0.2, -0.15) is 0 Å². The Balaban J connectivity index is 2.41. The Kier molecular flexibility index (Phi) is 4.85. The van der Waals surface area contributed by atoms with Gasteiger partial charge in [0.2, 0.25) is 0 Å². The number of methoxy groups -OCH3 is 2. The summed E-state index contributed by atoms with van der Waals surface area (Å²) in [6.07, 6.45) is 5.86. The Bertz CT molecular complexity index is 161. The van der Waals surface area contributed by atoms with Gasteiger partial charge in [0, 0.05) is 20.8 Å². The normalized spacial score (nSPS) is 33.2. The SMILES string of the molecule is COCCCC1(O)CCCCC1OC. The molecule has 0 heterocycles. The molecule has 0 aromatic heterocycles. The molecule has 2 unspecified atom stereocenters. The van der Waals surface area contributed by atoms with Crippen LogP contribution in [0.1, 0.15) is 38.5 Å². The molecule has 1 saturated carbocycles. The standard InChI is InChI=1S/C11H22O3/c1-13-9-5-8-11(12)7-4-3-6-10(11)14-2/h10,12H,3-9H2,1-2H3. The van der Waals surface area contributed by atoms with Crippen LogP contribution in [0.15, 0.2) is 0 Å². The third-order valence-electron chi connectivity index (χ3n) is 3.17. The maximum absolute atomic E-state index is 10.4. The van der Waals surface area contributed by atoms with Crippen LogP contribution in [0.25, 0.3) is 0 Å². The van der Waals surface area contributed by atoms with Gasteiger partial charge in [0.1, 0.15) is 0 Å². The second-order valence-corrected chi connectivity index (χ2v) is 4.17. The second-order valence-electron chi connectivity index (χ2n) is 4.17. The highest BCUT2D eigenvalue weighted by Gasteiger charge is 2.38.